The quantitative estimate of drug-likeness (QED) is 0.684. The van der Waals surface area contributed by atoms with E-state index in [1.54, 1.807) is 12.1 Å². The van der Waals surface area contributed by atoms with Crippen LogP contribution in [0, 0.1) is 17.2 Å². The van der Waals surface area contributed by atoms with Crippen molar-refractivity contribution in [3.05, 3.63) is 34.1 Å². The Labute approximate surface area is 164 Å². The molecule has 1 aromatic carbocycles. The number of rotatable bonds is 5. The molecule has 1 atom stereocenters. The molecule has 3 aromatic rings. The van der Waals surface area contributed by atoms with E-state index in [4.69, 9.17) is 9.68 Å². The van der Waals surface area contributed by atoms with Crippen LogP contribution < -0.4 is 11.1 Å². The number of benzene rings is 1. The molecule has 0 aliphatic carbocycles. The first-order chi connectivity index (χ1) is 13.6. The van der Waals surface area contributed by atoms with Crippen molar-refractivity contribution < 1.29 is 9.21 Å². The lowest BCUT2D eigenvalue weighted by Gasteiger charge is -2.31. The lowest BCUT2D eigenvalue weighted by molar-refractivity contribution is -0.121. The maximum absolute atomic E-state index is 12.6. The summed E-state index contributed by atoms with van der Waals surface area (Å²) in [4.78, 5) is 33.2. The Kier molecular flexibility index (Phi) is 5.23. The van der Waals surface area contributed by atoms with E-state index in [1.807, 2.05) is 11.4 Å². The molecule has 9 heteroatoms. The molecule has 2 aromatic heterocycles. The van der Waals surface area contributed by atoms with Crippen LogP contribution in [0.15, 0.2) is 32.8 Å². The first-order valence-electron chi connectivity index (χ1n) is 9.11. The highest BCUT2D eigenvalue weighted by Gasteiger charge is 2.26. The second-order valence-corrected chi connectivity index (χ2v) is 7.66. The van der Waals surface area contributed by atoms with Crippen LogP contribution in [0.3, 0.4) is 0 Å². The summed E-state index contributed by atoms with van der Waals surface area (Å²) in [7, 11) is 0. The number of thiazole rings is 1. The van der Waals surface area contributed by atoms with Crippen molar-refractivity contribution in [2.75, 3.05) is 25.0 Å². The minimum atomic E-state index is -0.491. The molecule has 144 valence electrons. The molecule has 1 saturated heterocycles. The summed E-state index contributed by atoms with van der Waals surface area (Å²) in [5.74, 6) is -0.616. The number of piperidine rings is 1. The van der Waals surface area contributed by atoms with Crippen LogP contribution in [-0.4, -0.2) is 40.4 Å². The van der Waals surface area contributed by atoms with Crippen LogP contribution in [0.2, 0.25) is 0 Å². The van der Waals surface area contributed by atoms with Crippen LogP contribution >= 0.6 is 11.3 Å². The van der Waals surface area contributed by atoms with Crippen LogP contribution in [0.1, 0.15) is 19.3 Å². The van der Waals surface area contributed by atoms with Gasteiger partial charge in [0.05, 0.1) is 23.2 Å². The molecular formula is C19H19N5O3S. The number of nitrogens with zero attached hydrogens (tertiary/aromatic N) is 3. The lowest BCUT2D eigenvalue weighted by Crippen LogP contribution is -2.41. The Balaban J connectivity index is 1.43. The van der Waals surface area contributed by atoms with Crippen molar-refractivity contribution in [2.24, 2.45) is 5.92 Å². The molecular weight excluding hydrogens is 378 g/mol. The van der Waals surface area contributed by atoms with Crippen LogP contribution in [0.5, 0.6) is 0 Å². The molecule has 2 N–H and O–H groups in total. The van der Waals surface area contributed by atoms with Gasteiger partial charge < -0.3 is 14.6 Å². The van der Waals surface area contributed by atoms with Gasteiger partial charge in [0, 0.05) is 30.5 Å². The number of aromatic nitrogens is 2. The number of anilines is 1. The van der Waals surface area contributed by atoms with Crippen molar-refractivity contribution in [3.63, 3.8) is 0 Å². The number of nitriles is 1. The number of carbonyl (C=O) groups is 1. The summed E-state index contributed by atoms with van der Waals surface area (Å²) in [6, 6.07) is 7.52. The highest BCUT2D eigenvalue weighted by atomic mass is 32.1. The smallest absolute Gasteiger partial charge is 0.408 e. The van der Waals surface area contributed by atoms with Gasteiger partial charge in [0.2, 0.25) is 5.91 Å². The van der Waals surface area contributed by atoms with Crippen molar-refractivity contribution in [3.8, 4) is 17.3 Å². The number of oxazole rings is 1. The molecule has 0 bridgehead atoms. The number of hydrogen-bond donors (Lipinski definition) is 2. The Morgan fingerprint density at radius 2 is 2.39 bits per heavy atom. The largest absolute Gasteiger partial charge is 0.417 e. The molecule has 28 heavy (non-hydrogen) atoms. The molecule has 1 fully saturated rings. The third-order valence-electron chi connectivity index (χ3n) is 4.87. The third-order valence-corrected chi connectivity index (χ3v) is 5.62. The molecule has 1 aliphatic heterocycles. The SMILES string of the molecule is N#CCCN1CCCC(C(=O)Nc2nc(-c3ccc4[nH]c(=O)oc4c3)cs2)C1. The van der Waals surface area contributed by atoms with Gasteiger partial charge >= 0.3 is 5.76 Å². The molecule has 1 amide bonds. The van der Waals surface area contributed by atoms with Gasteiger partial charge in [-0.1, -0.05) is 6.07 Å². The van der Waals surface area contributed by atoms with Crippen molar-refractivity contribution in [2.45, 2.75) is 19.3 Å². The van der Waals surface area contributed by atoms with Crippen LogP contribution in [0.25, 0.3) is 22.4 Å². The molecule has 3 heterocycles. The summed E-state index contributed by atoms with van der Waals surface area (Å²) < 4.78 is 5.09. The lowest BCUT2D eigenvalue weighted by atomic mass is 9.97. The van der Waals surface area contributed by atoms with Gasteiger partial charge in [-0.2, -0.15) is 5.26 Å². The fraction of sp³-hybridized carbons (Fsp3) is 0.368. The number of carbonyl (C=O) groups excluding carboxylic acids is 1. The van der Waals surface area contributed by atoms with E-state index in [1.165, 1.54) is 11.3 Å². The average molecular weight is 397 g/mol. The normalized spacial score (nSPS) is 17.5. The molecule has 0 spiro atoms. The van der Waals surface area contributed by atoms with E-state index >= 15 is 0 Å². The van der Waals surface area contributed by atoms with Crippen LogP contribution in [-0.2, 0) is 4.79 Å². The van der Waals surface area contributed by atoms with E-state index in [9.17, 15) is 9.59 Å². The molecule has 0 radical (unpaired) electrons. The summed E-state index contributed by atoms with van der Waals surface area (Å²) in [6.45, 7) is 2.32. The number of amides is 1. The first kappa shape index (κ1) is 18.4. The van der Waals surface area contributed by atoms with E-state index < -0.39 is 5.76 Å². The van der Waals surface area contributed by atoms with Gasteiger partial charge in [-0.25, -0.2) is 9.78 Å². The molecule has 1 aliphatic rings. The predicted octanol–water partition coefficient (Wildman–Crippen LogP) is 2.81. The first-order valence-corrected chi connectivity index (χ1v) is 9.99. The molecule has 4 rings (SSSR count). The van der Waals surface area contributed by atoms with Gasteiger partial charge in [-0.15, -0.1) is 11.3 Å². The van der Waals surface area contributed by atoms with Crippen LogP contribution in [0.4, 0.5) is 5.13 Å². The van der Waals surface area contributed by atoms with Crippen molar-refractivity contribution >= 4 is 33.5 Å². The Morgan fingerprint density at radius 1 is 1.50 bits per heavy atom. The summed E-state index contributed by atoms with van der Waals surface area (Å²) in [6.07, 6.45) is 2.28. The van der Waals surface area contributed by atoms with Crippen molar-refractivity contribution in [1.82, 2.24) is 14.9 Å². The molecule has 8 nitrogen and oxygen atoms in total. The number of hydrogen-bond acceptors (Lipinski definition) is 7. The predicted molar refractivity (Wildman–Crippen MR) is 106 cm³/mol. The summed E-state index contributed by atoms with van der Waals surface area (Å²) in [5.41, 5.74) is 2.63. The van der Waals surface area contributed by atoms with Gasteiger partial charge in [0.15, 0.2) is 10.7 Å². The zero-order valence-corrected chi connectivity index (χ0v) is 15.9. The van der Waals surface area contributed by atoms with E-state index in [0.29, 0.717) is 41.4 Å². The standard InChI is InChI=1S/C19H19N5O3S/c20-6-2-8-24-7-1-3-13(10-24)17(25)23-18-21-15(11-28-18)12-4-5-14-16(9-12)27-19(26)22-14/h4-5,9,11,13H,1-3,7-8,10H2,(H,22,26)(H,21,23,25). The minimum absolute atomic E-state index is 0.0327. The summed E-state index contributed by atoms with van der Waals surface area (Å²) >= 11 is 1.36. The maximum Gasteiger partial charge on any atom is 0.417 e. The zero-order chi connectivity index (χ0) is 19.5. The Hall–Kier alpha value is -2.96. The second-order valence-electron chi connectivity index (χ2n) is 6.80. The Morgan fingerprint density at radius 3 is 3.25 bits per heavy atom. The maximum atomic E-state index is 12.6. The molecule has 0 saturated carbocycles. The average Bonchev–Trinajstić information content (AvgIpc) is 3.31. The van der Waals surface area contributed by atoms with Gasteiger partial charge in [-0.3, -0.25) is 9.78 Å². The molecule has 1 unspecified atom stereocenters. The zero-order valence-electron chi connectivity index (χ0n) is 15.1. The van der Waals surface area contributed by atoms with E-state index in [-0.39, 0.29) is 11.8 Å². The fourth-order valence-electron chi connectivity index (χ4n) is 3.46. The number of aromatic amines is 1. The van der Waals surface area contributed by atoms with Gasteiger partial charge in [-0.05, 0) is 31.5 Å². The monoisotopic (exact) mass is 397 g/mol. The van der Waals surface area contributed by atoms with Gasteiger partial charge in [0.25, 0.3) is 0 Å². The minimum Gasteiger partial charge on any atom is -0.408 e. The van der Waals surface area contributed by atoms with Crippen molar-refractivity contribution in [1.29, 1.82) is 5.26 Å². The Bertz CT molecular complexity index is 1090. The second kappa shape index (κ2) is 7.96. The van der Waals surface area contributed by atoms with E-state index in [2.05, 4.69) is 26.3 Å². The number of likely N-dealkylation sites (tertiary alicyclic amines) is 1. The highest BCUT2D eigenvalue weighted by molar-refractivity contribution is 7.14. The topological polar surface area (TPSA) is 115 Å². The number of H-pyrrole nitrogens is 1. The number of fused-ring (bicyclic) bond motifs is 1. The highest BCUT2D eigenvalue weighted by Crippen LogP contribution is 2.28. The number of nitrogens with one attached hydrogen (secondary N) is 2. The fourth-order valence-corrected chi connectivity index (χ4v) is 4.18. The third kappa shape index (κ3) is 3.98. The summed E-state index contributed by atoms with van der Waals surface area (Å²) in [5, 5.41) is 14.1. The van der Waals surface area contributed by atoms with Gasteiger partial charge in [0.1, 0.15) is 0 Å². The van der Waals surface area contributed by atoms with E-state index in [0.717, 1.165) is 24.9 Å².